The number of thioether (sulfide) groups is 1. The van der Waals surface area contributed by atoms with Crippen LogP contribution in [0.4, 0.5) is 5.95 Å². The number of aromatic nitrogens is 3. The van der Waals surface area contributed by atoms with Crippen LogP contribution in [-0.4, -0.2) is 32.6 Å². The highest BCUT2D eigenvalue weighted by atomic mass is 32.2. The summed E-state index contributed by atoms with van der Waals surface area (Å²) in [5.41, 5.74) is 11.6. The molecule has 4 N–H and O–H groups in total. The van der Waals surface area contributed by atoms with Crippen molar-refractivity contribution in [3.05, 3.63) is 16.0 Å². The molecule has 0 aromatic carbocycles. The molecule has 3 atom stereocenters. The summed E-state index contributed by atoms with van der Waals surface area (Å²) in [4.78, 5) is 12.7. The average Bonchev–Trinajstić information content (AvgIpc) is 3.26. The molecule has 2 unspecified atom stereocenters. The van der Waals surface area contributed by atoms with Crippen molar-refractivity contribution in [1.29, 1.82) is 0 Å². The molecule has 0 radical (unpaired) electrons. The van der Waals surface area contributed by atoms with Crippen LogP contribution in [0.15, 0.2) is 5.16 Å². The Bertz CT molecular complexity index is 892. The fraction of sp³-hybridized carbons (Fsp3) is 0.562. The van der Waals surface area contributed by atoms with Crippen LogP contribution in [0.1, 0.15) is 42.4 Å². The van der Waals surface area contributed by atoms with Crippen molar-refractivity contribution in [2.45, 2.75) is 50.6 Å². The number of carbonyl (C=O) groups is 1. The van der Waals surface area contributed by atoms with Gasteiger partial charge in [0.25, 0.3) is 0 Å². The van der Waals surface area contributed by atoms with Gasteiger partial charge in [-0.3, -0.25) is 15.1 Å². The second kappa shape index (κ2) is 5.95. The largest absolute Gasteiger partial charge is 0.369 e. The summed E-state index contributed by atoms with van der Waals surface area (Å²) in [6, 6.07) is 0. The molecule has 0 spiro atoms. The van der Waals surface area contributed by atoms with E-state index in [-0.39, 0.29) is 24.0 Å². The fourth-order valence-electron chi connectivity index (χ4n) is 4.06. The second-order valence-corrected chi connectivity index (χ2v) is 9.26. The maximum absolute atomic E-state index is 11.2. The van der Waals surface area contributed by atoms with E-state index in [0.29, 0.717) is 11.1 Å². The number of hydrazine groups is 1. The third kappa shape index (κ3) is 2.39. The van der Waals surface area contributed by atoms with Gasteiger partial charge in [0.2, 0.25) is 11.9 Å². The van der Waals surface area contributed by atoms with Gasteiger partial charge in [-0.1, -0.05) is 18.7 Å². The fourth-order valence-corrected chi connectivity index (χ4v) is 6.16. The van der Waals surface area contributed by atoms with Gasteiger partial charge in [0, 0.05) is 10.4 Å². The highest BCUT2D eigenvalue weighted by Crippen LogP contribution is 2.48. The Kier molecular flexibility index (Phi) is 3.78. The number of anilines is 1. The molecule has 4 heterocycles. The van der Waals surface area contributed by atoms with Crippen LogP contribution in [-0.2, 0) is 17.6 Å². The SMILES string of the molecule is CC1NC2c3c(sc4c3C[C@@H](C)CC4)-n3c(SCC(N)=O)nnc3N2N1. The number of hydrogen-bond donors (Lipinski definition) is 3. The Hall–Kier alpha value is -1.62. The lowest BCUT2D eigenvalue weighted by Gasteiger charge is -2.31. The normalized spacial score (nSPS) is 26.2. The van der Waals surface area contributed by atoms with E-state index in [4.69, 9.17) is 5.73 Å². The number of nitrogens with one attached hydrogen (secondary N) is 2. The van der Waals surface area contributed by atoms with E-state index in [2.05, 4.69) is 44.4 Å². The number of rotatable bonds is 3. The molecule has 1 amide bonds. The molecule has 2 aliphatic heterocycles. The summed E-state index contributed by atoms with van der Waals surface area (Å²) in [7, 11) is 0. The van der Waals surface area contributed by atoms with Crippen molar-refractivity contribution in [3.63, 3.8) is 0 Å². The third-order valence-electron chi connectivity index (χ3n) is 5.18. The Labute approximate surface area is 159 Å². The van der Waals surface area contributed by atoms with Crippen molar-refractivity contribution >= 4 is 35.0 Å². The van der Waals surface area contributed by atoms with Gasteiger partial charge in [-0.25, -0.2) is 9.99 Å². The van der Waals surface area contributed by atoms with Crippen molar-refractivity contribution in [2.75, 3.05) is 10.8 Å². The highest BCUT2D eigenvalue weighted by Gasteiger charge is 2.43. The molecule has 138 valence electrons. The van der Waals surface area contributed by atoms with Crippen molar-refractivity contribution in [3.8, 4) is 5.00 Å². The summed E-state index contributed by atoms with van der Waals surface area (Å²) in [6.07, 6.45) is 3.69. The van der Waals surface area contributed by atoms with Crippen LogP contribution in [0.3, 0.4) is 0 Å². The lowest BCUT2D eigenvalue weighted by Crippen LogP contribution is -2.40. The van der Waals surface area contributed by atoms with E-state index < -0.39 is 0 Å². The summed E-state index contributed by atoms with van der Waals surface area (Å²) in [5.74, 6) is 1.31. The third-order valence-corrected chi connectivity index (χ3v) is 7.42. The lowest BCUT2D eigenvalue weighted by molar-refractivity contribution is -0.115. The first kappa shape index (κ1) is 16.5. The first-order chi connectivity index (χ1) is 12.5. The number of thiophene rings is 1. The van der Waals surface area contributed by atoms with Gasteiger partial charge in [-0.2, -0.15) is 0 Å². The Morgan fingerprint density at radius 3 is 3.08 bits per heavy atom. The summed E-state index contributed by atoms with van der Waals surface area (Å²) < 4.78 is 2.08. The maximum Gasteiger partial charge on any atom is 0.249 e. The van der Waals surface area contributed by atoms with Gasteiger partial charge in [0.1, 0.15) is 11.2 Å². The summed E-state index contributed by atoms with van der Waals surface area (Å²) in [6.45, 7) is 4.43. The second-order valence-electron chi connectivity index (χ2n) is 7.23. The number of amides is 1. The van der Waals surface area contributed by atoms with E-state index in [1.54, 1.807) is 0 Å². The molecule has 0 bridgehead atoms. The zero-order valence-electron chi connectivity index (χ0n) is 14.7. The van der Waals surface area contributed by atoms with Crippen LogP contribution in [0.5, 0.6) is 0 Å². The average molecular weight is 392 g/mol. The summed E-state index contributed by atoms with van der Waals surface area (Å²) >= 11 is 3.19. The number of primary amides is 1. The van der Waals surface area contributed by atoms with Gasteiger partial charge in [-0.05, 0) is 37.7 Å². The number of nitrogens with two attached hydrogens (primary N) is 1. The van der Waals surface area contributed by atoms with Crippen molar-refractivity contribution < 1.29 is 4.79 Å². The minimum Gasteiger partial charge on any atom is -0.369 e. The highest BCUT2D eigenvalue weighted by molar-refractivity contribution is 7.99. The summed E-state index contributed by atoms with van der Waals surface area (Å²) in [5, 5.41) is 16.3. The molecular weight excluding hydrogens is 370 g/mol. The number of nitrogens with zero attached hydrogens (tertiary/aromatic N) is 4. The number of fused-ring (bicyclic) bond motifs is 8. The predicted molar refractivity (Wildman–Crippen MR) is 101 cm³/mol. The monoisotopic (exact) mass is 391 g/mol. The molecule has 2 aromatic rings. The minimum atomic E-state index is -0.352. The van der Waals surface area contributed by atoms with Gasteiger partial charge in [0.15, 0.2) is 5.16 Å². The van der Waals surface area contributed by atoms with Crippen LogP contribution < -0.4 is 21.5 Å². The van der Waals surface area contributed by atoms with Crippen LogP contribution in [0.25, 0.3) is 5.00 Å². The molecule has 10 heteroatoms. The quantitative estimate of drug-likeness (QED) is 0.678. The van der Waals surface area contributed by atoms with Gasteiger partial charge in [-0.15, -0.1) is 21.5 Å². The molecule has 2 aromatic heterocycles. The van der Waals surface area contributed by atoms with E-state index >= 15 is 0 Å². The van der Waals surface area contributed by atoms with E-state index in [0.717, 1.165) is 18.8 Å². The van der Waals surface area contributed by atoms with Crippen molar-refractivity contribution in [2.24, 2.45) is 11.7 Å². The zero-order valence-corrected chi connectivity index (χ0v) is 16.3. The topological polar surface area (TPSA) is 101 Å². The minimum absolute atomic E-state index is 0.0657. The van der Waals surface area contributed by atoms with Crippen molar-refractivity contribution in [1.82, 2.24) is 25.5 Å². The van der Waals surface area contributed by atoms with Crippen LogP contribution in [0.2, 0.25) is 0 Å². The number of hydrogen-bond acceptors (Lipinski definition) is 8. The van der Waals surface area contributed by atoms with E-state index in [1.165, 1.54) is 39.2 Å². The number of aryl methyl sites for hydroxylation is 1. The maximum atomic E-state index is 11.2. The molecule has 1 aliphatic carbocycles. The van der Waals surface area contributed by atoms with Crippen LogP contribution in [0, 0.1) is 5.92 Å². The first-order valence-electron chi connectivity index (χ1n) is 8.85. The molecule has 26 heavy (non-hydrogen) atoms. The van der Waals surface area contributed by atoms with Gasteiger partial charge in [0.05, 0.1) is 11.9 Å². The number of carbonyl (C=O) groups excluding carboxylic acids is 1. The molecule has 3 aliphatic rings. The zero-order chi connectivity index (χ0) is 18.0. The first-order valence-corrected chi connectivity index (χ1v) is 10.7. The molecular formula is C16H21N7OS2. The standard InChI is InChI=1S/C16H21N7OS2/c1-7-3-4-10-9(5-7)12-13-18-8(2)21-23(13)15-19-20-16(25-6-11(17)24)22(15)14(12)26-10/h7-8,13,18,21H,3-6H2,1-2H3,(H2,17,24)/t7-,8?,13?/m0/s1. The van der Waals surface area contributed by atoms with E-state index in [9.17, 15) is 4.79 Å². The van der Waals surface area contributed by atoms with E-state index in [1.807, 2.05) is 11.3 Å². The Morgan fingerprint density at radius 2 is 2.27 bits per heavy atom. The molecule has 1 saturated heterocycles. The van der Waals surface area contributed by atoms with Crippen LogP contribution >= 0.6 is 23.1 Å². The lowest BCUT2D eigenvalue weighted by atomic mass is 9.87. The Morgan fingerprint density at radius 1 is 1.42 bits per heavy atom. The molecule has 0 saturated carbocycles. The van der Waals surface area contributed by atoms with Gasteiger partial charge >= 0.3 is 0 Å². The molecule has 5 rings (SSSR count). The predicted octanol–water partition coefficient (Wildman–Crippen LogP) is 1.30. The molecule has 1 fully saturated rings. The molecule has 8 nitrogen and oxygen atoms in total. The van der Waals surface area contributed by atoms with Gasteiger partial charge < -0.3 is 5.73 Å². The Balaban J connectivity index is 1.67. The smallest absolute Gasteiger partial charge is 0.249 e.